The van der Waals surface area contributed by atoms with Crippen molar-refractivity contribution in [3.05, 3.63) is 54.4 Å². The third-order valence-corrected chi connectivity index (χ3v) is 2.81. The van der Waals surface area contributed by atoms with Crippen LogP contribution in [-0.4, -0.2) is 22.0 Å². The van der Waals surface area contributed by atoms with Gasteiger partial charge >= 0.3 is 0 Å². The molecular formula is C14H16FN3O. The number of hydrogen-bond acceptors (Lipinski definition) is 2. The smallest absolute Gasteiger partial charge is 0.221 e. The summed E-state index contributed by atoms with van der Waals surface area (Å²) in [6.07, 6.45) is 6.33. The summed E-state index contributed by atoms with van der Waals surface area (Å²) in [5, 5.41) is 2.84. The van der Waals surface area contributed by atoms with Crippen molar-refractivity contribution in [2.45, 2.75) is 19.4 Å². The first-order valence-corrected chi connectivity index (χ1v) is 6.21. The SMILES string of the molecule is O=C(CCn1ccnc1)NCCc1ccc(F)cc1. The van der Waals surface area contributed by atoms with Crippen LogP contribution in [0.4, 0.5) is 4.39 Å². The summed E-state index contributed by atoms with van der Waals surface area (Å²) in [5.74, 6) is -0.232. The molecule has 2 rings (SSSR count). The molecule has 0 saturated carbocycles. The molecular weight excluding hydrogens is 245 g/mol. The van der Waals surface area contributed by atoms with E-state index in [1.54, 1.807) is 24.7 Å². The average Bonchev–Trinajstić information content (AvgIpc) is 2.92. The zero-order valence-corrected chi connectivity index (χ0v) is 10.6. The highest BCUT2D eigenvalue weighted by atomic mass is 19.1. The molecule has 0 aliphatic rings. The van der Waals surface area contributed by atoms with Crippen LogP contribution in [0.2, 0.25) is 0 Å². The average molecular weight is 261 g/mol. The van der Waals surface area contributed by atoms with Crippen LogP contribution in [0, 0.1) is 5.82 Å². The van der Waals surface area contributed by atoms with E-state index in [4.69, 9.17) is 0 Å². The molecule has 1 N–H and O–H groups in total. The van der Waals surface area contributed by atoms with Gasteiger partial charge in [0.1, 0.15) is 5.82 Å². The van der Waals surface area contributed by atoms with Crippen LogP contribution in [-0.2, 0) is 17.8 Å². The Morgan fingerprint density at radius 1 is 1.32 bits per heavy atom. The highest BCUT2D eigenvalue weighted by molar-refractivity contribution is 5.75. The van der Waals surface area contributed by atoms with Crippen LogP contribution >= 0.6 is 0 Å². The van der Waals surface area contributed by atoms with E-state index in [1.807, 2.05) is 10.8 Å². The van der Waals surface area contributed by atoms with Gasteiger partial charge in [0.25, 0.3) is 0 Å². The molecule has 5 heteroatoms. The van der Waals surface area contributed by atoms with Gasteiger partial charge in [0.05, 0.1) is 6.33 Å². The number of nitrogens with zero attached hydrogens (tertiary/aromatic N) is 2. The van der Waals surface area contributed by atoms with Crippen molar-refractivity contribution in [3.8, 4) is 0 Å². The summed E-state index contributed by atoms with van der Waals surface area (Å²) in [4.78, 5) is 15.5. The van der Waals surface area contributed by atoms with Gasteiger partial charge in [0.15, 0.2) is 0 Å². The van der Waals surface area contributed by atoms with Crippen LogP contribution < -0.4 is 5.32 Å². The molecule has 0 bridgehead atoms. The third-order valence-electron chi connectivity index (χ3n) is 2.81. The lowest BCUT2D eigenvalue weighted by atomic mass is 10.1. The number of imidazole rings is 1. The number of halogens is 1. The Morgan fingerprint density at radius 2 is 2.11 bits per heavy atom. The van der Waals surface area contributed by atoms with Gasteiger partial charge in [-0.3, -0.25) is 4.79 Å². The van der Waals surface area contributed by atoms with Crippen molar-refractivity contribution >= 4 is 5.91 Å². The summed E-state index contributed by atoms with van der Waals surface area (Å²) < 4.78 is 14.6. The number of nitrogens with one attached hydrogen (secondary N) is 1. The molecule has 0 atom stereocenters. The number of benzene rings is 1. The summed E-state index contributed by atoms with van der Waals surface area (Å²) in [6, 6.07) is 6.31. The molecule has 1 aromatic carbocycles. The lowest BCUT2D eigenvalue weighted by molar-refractivity contribution is -0.121. The molecule has 1 amide bonds. The van der Waals surface area contributed by atoms with E-state index in [2.05, 4.69) is 10.3 Å². The number of rotatable bonds is 6. The number of carbonyl (C=O) groups excluding carboxylic acids is 1. The largest absolute Gasteiger partial charge is 0.356 e. The van der Waals surface area contributed by atoms with Crippen LogP contribution in [0.25, 0.3) is 0 Å². The Labute approximate surface area is 111 Å². The summed E-state index contributed by atoms with van der Waals surface area (Å²) in [6.45, 7) is 1.19. The first-order chi connectivity index (χ1) is 9.24. The number of aromatic nitrogens is 2. The van der Waals surface area contributed by atoms with E-state index in [1.165, 1.54) is 12.1 Å². The summed E-state index contributed by atoms with van der Waals surface area (Å²) in [5.41, 5.74) is 1.01. The fraction of sp³-hybridized carbons (Fsp3) is 0.286. The lowest BCUT2D eigenvalue weighted by Crippen LogP contribution is -2.26. The number of carbonyl (C=O) groups is 1. The van der Waals surface area contributed by atoms with Gasteiger partial charge < -0.3 is 9.88 Å². The van der Waals surface area contributed by atoms with Crippen molar-refractivity contribution in [2.75, 3.05) is 6.54 Å². The predicted octanol–water partition coefficient (Wildman–Crippen LogP) is 1.77. The molecule has 100 valence electrons. The minimum absolute atomic E-state index is 0.0100. The monoisotopic (exact) mass is 261 g/mol. The molecule has 0 spiro atoms. The van der Waals surface area contributed by atoms with E-state index in [0.717, 1.165) is 5.56 Å². The molecule has 4 nitrogen and oxygen atoms in total. The van der Waals surface area contributed by atoms with Crippen molar-refractivity contribution in [3.63, 3.8) is 0 Å². The Balaban J connectivity index is 1.65. The Hall–Kier alpha value is -2.17. The van der Waals surface area contributed by atoms with Crippen LogP contribution in [0.5, 0.6) is 0 Å². The van der Waals surface area contributed by atoms with Crippen LogP contribution in [0.15, 0.2) is 43.0 Å². The first kappa shape index (κ1) is 13.3. The van der Waals surface area contributed by atoms with Crippen LogP contribution in [0.1, 0.15) is 12.0 Å². The zero-order chi connectivity index (χ0) is 13.5. The van der Waals surface area contributed by atoms with Gasteiger partial charge in [-0.15, -0.1) is 0 Å². The Morgan fingerprint density at radius 3 is 2.79 bits per heavy atom. The standard InChI is InChI=1S/C14H16FN3O/c15-13-3-1-12(2-4-13)5-7-17-14(19)6-9-18-10-8-16-11-18/h1-4,8,10-11H,5-7,9H2,(H,17,19). The predicted molar refractivity (Wildman–Crippen MR) is 70.0 cm³/mol. The van der Waals surface area contributed by atoms with E-state index < -0.39 is 0 Å². The number of amides is 1. The Bertz CT molecular complexity index is 508. The number of hydrogen-bond donors (Lipinski definition) is 1. The fourth-order valence-electron chi connectivity index (χ4n) is 1.74. The maximum atomic E-state index is 12.7. The fourth-order valence-corrected chi connectivity index (χ4v) is 1.74. The third kappa shape index (κ3) is 4.54. The van der Waals surface area contributed by atoms with Gasteiger partial charge in [-0.1, -0.05) is 12.1 Å². The quantitative estimate of drug-likeness (QED) is 0.861. The summed E-state index contributed by atoms with van der Waals surface area (Å²) >= 11 is 0. The zero-order valence-electron chi connectivity index (χ0n) is 10.6. The topological polar surface area (TPSA) is 46.9 Å². The second kappa shape index (κ2) is 6.68. The van der Waals surface area contributed by atoms with E-state index >= 15 is 0 Å². The lowest BCUT2D eigenvalue weighted by Gasteiger charge is -2.06. The van der Waals surface area contributed by atoms with Crippen LogP contribution in [0.3, 0.4) is 0 Å². The molecule has 1 heterocycles. The molecule has 0 unspecified atom stereocenters. The molecule has 0 aliphatic heterocycles. The van der Waals surface area contributed by atoms with E-state index in [0.29, 0.717) is 25.9 Å². The first-order valence-electron chi connectivity index (χ1n) is 6.21. The van der Waals surface area contributed by atoms with Gasteiger partial charge in [-0.2, -0.15) is 0 Å². The van der Waals surface area contributed by atoms with Gasteiger partial charge in [0, 0.05) is 31.9 Å². The van der Waals surface area contributed by atoms with Crippen molar-refractivity contribution in [2.24, 2.45) is 0 Å². The van der Waals surface area contributed by atoms with Crippen molar-refractivity contribution in [1.82, 2.24) is 14.9 Å². The molecule has 0 fully saturated rings. The normalized spacial score (nSPS) is 10.4. The molecule has 1 aromatic heterocycles. The van der Waals surface area contributed by atoms with Crippen molar-refractivity contribution < 1.29 is 9.18 Å². The molecule has 19 heavy (non-hydrogen) atoms. The molecule has 0 saturated heterocycles. The molecule has 0 radical (unpaired) electrons. The summed E-state index contributed by atoms with van der Waals surface area (Å²) in [7, 11) is 0. The van der Waals surface area contributed by atoms with Gasteiger partial charge in [-0.25, -0.2) is 9.37 Å². The van der Waals surface area contributed by atoms with Gasteiger partial charge in [0.2, 0.25) is 5.91 Å². The molecule has 0 aliphatic carbocycles. The van der Waals surface area contributed by atoms with Crippen molar-refractivity contribution in [1.29, 1.82) is 0 Å². The van der Waals surface area contributed by atoms with Gasteiger partial charge in [-0.05, 0) is 24.1 Å². The maximum Gasteiger partial charge on any atom is 0.221 e. The van der Waals surface area contributed by atoms with E-state index in [-0.39, 0.29) is 11.7 Å². The Kier molecular flexibility index (Phi) is 4.66. The van der Waals surface area contributed by atoms with E-state index in [9.17, 15) is 9.18 Å². The maximum absolute atomic E-state index is 12.7. The molecule has 2 aromatic rings. The second-order valence-corrected chi connectivity index (χ2v) is 4.28. The highest BCUT2D eigenvalue weighted by Gasteiger charge is 2.01. The number of aryl methyl sites for hydroxylation is 1. The minimum Gasteiger partial charge on any atom is -0.356 e. The highest BCUT2D eigenvalue weighted by Crippen LogP contribution is 2.02. The minimum atomic E-state index is -0.242. The second-order valence-electron chi connectivity index (χ2n) is 4.28.